The molecule has 6 heteroatoms. The summed E-state index contributed by atoms with van der Waals surface area (Å²) in [5.74, 6) is -0.483. The van der Waals surface area contributed by atoms with Crippen molar-refractivity contribution in [3.63, 3.8) is 0 Å². The molecule has 2 aromatic carbocycles. The van der Waals surface area contributed by atoms with Gasteiger partial charge in [-0.3, -0.25) is 14.3 Å². The maximum absolute atomic E-state index is 12.1. The fraction of sp³-hybridized carbons (Fsp3) is 0.208. The van der Waals surface area contributed by atoms with Crippen molar-refractivity contribution in [3.8, 4) is 11.3 Å². The average molecular weight is 402 g/mol. The molecule has 1 N–H and O–H groups in total. The van der Waals surface area contributed by atoms with Crippen LogP contribution in [0.2, 0.25) is 0 Å². The number of nitrogens with zero attached hydrogens (tertiary/aromatic N) is 3. The number of rotatable bonds is 7. The topological polar surface area (TPSA) is 67.2 Å². The highest BCUT2D eigenvalue weighted by Gasteiger charge is 2.11. The van der Waals surface area contributed by atoms with Crippen LogP contribution in [0, 0.1) is 6.92 Å². The Hall–Kier alpha value is -3.67. The molecule has 0 bridgehead atoms. The molecule has 3 rings (SSSR count). The molecule has 0 radical (unpaired) electrons. The van der Waals surface area contributed by atoms with E-state index in [1.54, 1.807) is 20.2 Å². The standard InChI is InChI=1S/C24H26N4O2/c1-18-9-11-20(12-10-18)24-21(13-14-22(29)25-15-23(30)27(2)3)17-28(26-24)16-19-7-5-4-6-8-19/h4-14,17H,15-16H2,1-3H3,(H,25,29)/b14-13+. The van der Waals surface area contributed by atoms with Crippen molar-refractivity contribution in [1.82, 2.24) is 20.0 Å². The average Bonchev–Trinajstić information content (AvgIpc) is 3.14. The zero-order valence-electron chi connectivity index (χ0n) is 17.5. The summed E-state index contributed by atoms with van der Waals surface area (Å²) in [6, 6.07) is 18.2. The lowest BCUT2D eigenvalue weighted by molar-refractivity contribution is -0.129. The lowest BCUT2D eigenvalue weighted by Crippen LogP contribution is -2.35. The van der Waals surface area contributed by atoms with E-state index in [0.717, 1.165) is 22.4 Å². The molecule has 1 aromatic heterocycles. The van der Waals surface area contributed by atoms with Crippen LogP contribution in [0.25, 0.3) is 17.3 Å². The molecule has 0 atom stereocenters. The molecule has 0 fully saturated rings. The van der Waals surface area contributed by atoms with Crippen LogP contribution in [0.3, 0.4) is 0 Å². The third-order valence-electron chi connectivity index (χ3n) is 4.63. The molecular formula is C24H26N4O2. The largest absolute Gasteiger partial charge is 0.347 e. The SMILES string of the molecule is Cc1ccc(-c2nn(Cc3ccccc3)cc2/C=C/C(=O)NCC(=O)N(C)C)cc1. The summed E-state index contributed by atoms with van der Waals surface area (Å²) in [6.07, 6.45) is 5.10. The number of aryl methyl sites for hydroxylation is 1. The number of likely N-dealkylation sites (N-methyl/N-ethyl adjacent to an activating group) is 1. The lowest BCUT2D eigenvalue weighted by Gasteiger charge is -2.09. The zero-order chi connectivity index (χ0) is 21.5. The third-order valence-corrected chi connectivity index (χ3v) is 4.63. The van der Waals surface area contributed by atoms with Gasteiger partial charge < -0.3 is 10.2 Å². The van der Waals surface area contributed by atoms with Crippen molar-refractivity contribution in [2.45, 2.75) is 13.5 Å². The van der Waals surface area contributed by atoms with E-state index in [1.165, 1.54) is 16.5 Å². The number of hydrogen-bond donors (Lipinski definition) is 1. The second kappa shape index (κ2) is 9.69. The lowest BCUT2D eigenvalue weighted by atomic mass is 10.1. The van der Waals surface area contributed by atoms with Gasteiger partial charge in [-0.15, -0.1) is 0 Å². The van der Waals surface area contributed by atoms with Crippen LogP contribution in [0.5, 0.6) is 0 Å². The Labute approximate surface area is 176 Å². The van der Waals surface area contributed by atoms with Gasteiger partial charge in [0.2, 0.25) is 11.8 Å². The smallest absolute Gasteiger partial charge is 0.244 e. The van der Waals surface area contributed by atoms with Gasteiger partial charge in [0.25, 0.3) is 0 Å². The van der Waals surface area contributed by atoms with Crippen molar-refractivity contribution in [1.29, 1.82) is 0 Å². The molecule has 0 aliphatic carbocycles. The Bertz CT molecular complexity index is 1030. The normalized spacial score (nSPS) is 10.9. The number of carbonyl (C=O) groups is 2. The van der Waals surface area contributed by atoms with E-state index in [1.807, 2.05) is 60.3 Å². The number of aromatic nitrogens is 2. The van der Waals surface area contributed by atoms with Crippen molar-refractivity contribution < 1.29 is 9.59 Å². The Morgan fingerprint density at radius 1 is 1.07 bits per heavy atom. The number of hydrogen-bond acceptors (Lipinski definition) is 3. The Balaban J connectivity index is 1.82. The second-order valence-electron chi connectivity index (χ2n) is 7.32. The molecule has 0 saturated heterocycles. The molecule has 1 heterocycles. The maximum Gasteiger partial charge on any atom is 0.244 e. The number of benzene rings is 2. The van der Waals surface area contributed by atoms with Gasteiger partial charge in [0.05, 0.1) is 18.8 Å². The monoisotopic (exact) mass is 402 g/mol. The van der Waals surface area contributed by atoms with E-state index in [9.17, 15) is 9.59 Å². The van der Waals surface area contributed by atoms with Gasteiger partial charge in [0, 0.05) is 37.5 Å². The van der Waals surface area contributed by atoms with Crippen molar-refractivity contribution in [2.24, 2.45) is 0 Å². The highest BCUT2D eigenvalue weighted by molar-refractivity contribution is 5.95. The van der Waals surface area contributed by atoms with Crippen molar-refractivity contribution in [3.05, 3.63) is 83.6 Å². The van der Waals surface area contributed by atoms with E-state index in [0.29, 0.717) is 6.54 Å². The molecule has 0 spiro atoms. The molecule has 154 valence electrons. The first-order chi connectivity index (χ1) is 14.4. The predicted molar refractivity (Wildman–Crippen MR) is 119 cm³/mol. The van der Waals surface area contributed by atoms with E-state index >= 15 is 0 Å². The molecular weight excluding hydrogens is 376 g/mol. The van der Waals surface area contributed by atoms with Crippen LogP contribution in [-0.2, 0) is 16.1 Å². The van der Waals surface area contributed by atoms with Gasteiger partial charge in [-0.25, -0.2) is 0 Å². The van der Waals surface area contributed by atoms with Crippen LogP contribution < -0.4 is 5.32 Å². The molecule has 0 saturated carbocycles. The summed E-state index contributed by atoms with van der Waals surface area (Å²) >= 11 is 0. The van der Waals surface area contributed by atoms with Crippen molar-refractivity contribution in [2.75, 3.05) is 20.6 Å². The number of carbonyl (C=O) groups excluding carboxylic acids is 2. The summed E-state index contributed by atoms with van der Waals surface area (Å²) in [4.78, 5) is 25.2. The van der Waals surface area contributed by atoms with Crippen LogP contribution in [0.15, 0.2) is 66.9 Å². The van der Waals surface area contributed by atoms with Crippen LogP contribution in [0.1, 0.15) is 16.7 Å². The fourth-order valence-corrected chi connectivity index (χ4v) is 2.89. The summed E-state index contributed by atoms with van der Waals surface area (Å²) < 4.78 is 1.87. The Morgan fingerprint density at radius 3 is 2.43 bits per heavy atom. The molecule has 0 aliphatic rings. The van der Waals surface area contributed by atoms with Gasteiger partial charge in [-0.05, 0) is 18.6 Å². The third kappa shape index (κ3) is 5.67. The second-order valence-corrected chi connectivity index (χ2v) is 7.32. The first kappa shape index (κ1) is 21.0. The van der Waals surface area contributed by atoms with Gasteiger partial charge in [0.1, 0.15) is 0 Å². The molecule has 3 aromatic rings. The summed E-state index contributed by atoms with van der Waals surface area (Å²) in [7, 11) is 3.30. The van der Waals surface area contributed by atoms with Crippen LogP contribution in [0.4, 0.5) is 0 Å². The summed E-state index contributed by atoms with van der Waals surface area (Å²) in [5.41, 5.74) is 4.94. The summed E-state index contributed by atoms with van der Waals surface area (Å²) in [6.45, 7) is 2.64. The van der Waals surface area contributed by atoms with Gasteiger partial charge >= 0.3 is 0 Å². The van der Waals surface area contributed by atoms with E-state index < -0.39 is 0 Å². The molecule has 30 heavy (non-hydrogen) atoms. The van der Waals surface area contributed by atoms with E-state index in [4.69, 9.17) is 5.10 Å². The minimum atomic E-state index is -0.323. The van der Waals surface area contributed by atoms with Gasteiger partial charge in [-0.2, -0.15) is 5.10 Å². The molecule has 2 amide bonds. The number of nitrogens with one attached hydrogen (secondary N) is 1. The zero-order valence-corrected chi connectivity index (χ0v) is 17.5. The van der Waals surface area contributed by atoms with Crippen LogP contribution in [-0.4, -0.2) is 47.1 Å². The summed E-state index contributed by atoms with van der Waals surface area (Å²) in [5, 5.41) is 7.36. The van der Waals surface area contributed by atoms with Gasteiger partial charge in [-0.1, -0.05) is 60.2 Å². The molecule has 0 unspecified atom stereocenters. The molecule has 0 aliphatic heterocycles. The first-order valence-corrected chi connectivity index (χ1v) is 9.77. The Kier molecular flexibility index (Phi) is 6.80. The number of amides is 2. The van der Waals surface area contributed by atoms with Crippen molar-refractivity contribution >= 4 is 17.9 Å². The van der Waals surface area contributed by atoms with Gasteiger partial charge in [0.15, 0.2) is 0 Å². The Morgan fingerprint density at radius 2 is 1.77 bits per heavy atom. The molecule has 6 nitrogen and oxygen atoms in total. The minimum absolute atomic E-state index is 0.0335. The highest BCUT2D eigenvalue weighted by Crippen LogP contribution is 2.24. The predicted octanol–water partition coefficient (Wildman–Crippen LogP) is 3.12. The van der Waals surface area contributed by atoms with E-state index in [2.05, 4.69) is 17.4 Å². The first-order valence-electron chi connectivity index (χ1n) is 9.77. The van der Waals surface area contributed by atoms with Crippen LogP contribution >= 0.6 is 0 Å². The quantitative estimate of drug-likeness (QED) is 0.618. The maximum atomic E-state index is 12.1. The van der Waals surface area contributed by atoms with E-state index in [-0.39, 0.29) is 18.4 Å². The fourth-order valence-electron chi connectivity index (χ4n) is 2.89. The minimum Gasteiger partial charge on any atom is -0.347 e. The highest BCUT2D eigenvalue weighted by atomic mass is 16.2.